The van der Waals surface area contributed by atoms with E-state index in [1.807, 2.05) is 18.2 Å². The molecule has 1 amide bonds. The molecular weight excluding hydrogens is 256 g/mol. The number of aromatic nitrogens is 1. The summed E-state index contributed by atoms with van der Waals surface area (Å²) in [6.07, 6.45) is 1.72. The fraction of sp³-hybridized carbons (Fsp3) is 0.571. The predicted molar refractivity (Wildman–Crippen MR) is 76.2 cm³/mol. The molecule has 0 saturated carbocycles. The highest BCUT2D eigenvalue weighted by atomic mass is 16.5. The minimum atomic E-state index is -0.00219. The highest BCUT2D eigenvalue weighted by Gasteiger charge is 2.09. The van der Waals surface area contributed by atoms with Crippen molar-refractivity contribution < 1.29 is 9.53 Å². The number of hydrogen-bond acceptors (Lipinski definition) is 5. The Morgan fingerprint density at radius 3 is 2.95 bits per heavy atom. The third-order valence-electron chi connectivity index (χ3n) is 3.19. The highest BCUT2D eigenvalue weighted by Crippen LogP contribution is 1.94. The van der Waals surface area contributed by atoms with E-state index in [2.05, 4.69) is 20.5 Å². The Balaban J connectivity index is 1.51. The average Bonchev–Trinajstić information content (AvgIpc) is 2.52. The molecule has 1 fully saturated rings. The lowest BCUT2D eigenvalue weighted by Gasteiger charge is -2.26. The van der Waals surface area contributed by atoms with Crippen molar-refractivity contribution in [3.8, 4) is 0 Å². The molecule has 2 N–H and O–H groups in total. The maximum Gasteiger partial charge on any atom is 0.234 e. The van der Waals surface area contributed by atoms with Gasteiger partial charge in [-0.3, -0.25) is 14.7 Å². The Morgan fingerprint density at radius 1 is 1.35 bits per heavy atom. The maximum atomic E-state index is 11.6. The maximum absolute atomic E-state index is 11.6. The van der Waals surface area contributed by atoms with Crippen LogP contribution in [0.25, 0.3) is 0 Å². The van der Waals surface area contributed by atoms with E-state index in [0.717, 1.165) is 45.1 Å². The molecule has 6 nitrogen and oxygen atoms in total. The molecule has 110 valence electrons. The Hall–Kier alpha value is -1.50. The fourth-order valence-electron chi connectivity index (χ4n) is 2.02. The van der Waals surface area contributed by atoms with Crippen LogP contribution in [0.15, 0.2) is 24.4 Å². The first kappa shape index (κ1) is 14.9. The predicted octanol–water partition coefficient (Wildman–Crippen LogP) is -0.380. The van der Waals surface area contributed by atoms with E-state index in [4.69, 9.17) is 4.74 Å². The Morgan fingerprint density at radius 2 is 2.20 bits per heavy atom. The average molecular weight is 278 g/mol. The summed E-state index contributed by atoms with van der Waals surface area (Å²) in [6.45, 7) is 6.17. The molecular formula is C14H22N4O2. The molecule has 1 aromatic heterocycles. The van der Waals surface area contributed by atoms with Crippen LogP contribution in [-0.4, -0.2) is 61.7 Å². The van der Waals surface area contributed by atoms with Gasteiger partial charge in [0.2, 0.25) is 5.91 Å². The summed E-state index contributed by atoms with van der Waals surface area (Å²) in [5, 5.41) is 5.99. The number of rotatable bonds is 7. The largest absolute Gasteiger partial charge is 0.379 e. The zero-order valence-corrected chi connectivity index (χ0v) is 11.7. The standard InChI is InChI=1S/C14H22N4O2/c19-14(17-11-13-3-1-2-4-16-13)12-15-5-6-18-7-9-20-10-8-18/h1-4,15H,5-12H2,(H,17,19). The lowest BCUT2D eigenvalue weighted by molar-refractivity contribution is -0.120. The number of carbonyl (C=O) groups excluding carboxylic acids is 1. The van der Waals surface area contributed by atoms with E-state index >= 15 is 0 Å². The van der Waals surface area contributed by atoms with Gasteiger partial charge in [0, 0.05) is 32.4 Å². The molecule has 1 saturated heterocycles. The Bertz CT molecular complexity index is 393. The second kappa shape index (κ2) is 8.63. The molecule has 0 aromatic carbocycles. The third-order valence-corrected chi connectivity index (χ3v) is 3.19. The monoisotopic (exact) mass is 278 g/mol. The van der Waals surface area contributed by atoms with Crippen molar-refractivity contribution >= 4 is 5.91 Å². The third kappa shape index (κ3) is 5.64. The van der Waals surface area contributed by atoms with Crippen molar-refractivity contribution in [3.63, 3.8) is 0 Å². The Labute approximate surface area is 119 Å². The summed E-state index contributed by atoms with van der Waals surface area (Å²) in [7, 11) is 0. The van der Waals surface area contributed by atoms with Crippen molar-refractivity contribution in [2.75, 3.05) is 45.9 Å². The van der Waals surface area contributed by atoms with Crippen LogP contribution in [0.4, 0.5) is 0 Å². The van der Waals surface area contributed by atoms with E-state index < -0.39 is 0 Å². The summed E-state index contributed by atoms with van der Waals surface area (Å²) < 4.78 is 5.29. The zero-order valence-electron chi connectivity index (χ0n) is 11.7. The van der Waals surface area contributed by atoms with E-state index in [1.54, 1.807) is 6.20 Å². The van der Waals surface area contributed by atoms with E-state index in [1.165, 1.54) is 0 Å². The number of pyridine rings is 1. The van der Waals surface area contributed by atoms with Crippen LogP contribution in [0, 0.1) is 0 Å². The van der Waals surface area contributed by atoms with Gasteiger partial charge in [-0.1, -0.05) is 6.07 Å². The van der Waals surface area contributed by atoms with Crippen LogP contribution >= 0.6 is 0 Å². The van der Waals surface area contributed by atoms with Gasteiger partial charge in [0.1, 0.15) is 0 Å². The summed E-state index contributed by atoms with van der Waals surface area (Å²) in [4.78, 5) is 18.1. The van der Waals surface area contributed by atoms with Gasteiger partial charge in [0.05, 0.1) is 32.0 Å². The van der Waals surface area contributed by atoms with Crippen molar-refractivity contribution in [1.82, 2.24) is 20.5 Å². The van der Waals surface area contributed by atoms with Crippen molar-refractivity contribution in [2.45, 2.75) is 6.54 Å². The van der Waals surface area contributed by atoms with Crippen molar-refractivity contribution in [3.05, 3.63) is 30.1 Å². The van der Waals surface area contributed by atoms with Gasteiger partial charge < -0.3 is 15.4 Å². The molecule has 6 heteroatoms. The molecule has 0 radical (unpaired) electrons. The molecule has 0 unspecified atom stereocenters. The highest BCUT2D eigenvalue weighted by molar-refractivity contribution is 5.77. The first-order valence-corrected chi connectivity index (χ1v) is 7.02. The summed E-state index contributed by atoms with van der Waals surface area (Å²) in [6, 6.07) is 5.67. The van der Waals surface area contributed by atoms with Gasteiger partial charge in [-0.05, 0) is 12.1 Å². The van der Waals surface area contributed by atoms with E-state index in [-0.39, 0.29) is 5.91 Å². The number of carbonyl (C=O) groups is 1. The van der Waals surface area contributed by atoms with E-state index in [9.17, 15) is 4.79 Å². The van der Waals surface area contributed by atoms with Crippen molar-refractivity contribution in [2.24, 2.45) is 0 Å². The number of hydrogen-bond donors (Lipinski definition) is 2. The second-order valence-electron chi connectivity index (χ2n) is 4.73. The quantitative estimate of drug-likeness (QED) is 0.666. The van der Waals surface area contributed by atoms with Crippen molar-refractivity contribution in [1.29, 1.82) is 0 Å². The van der Waals surface area contributed by atoms with Gasteiger partial charge in [-0.2, -0.15) is 0 Å². The minimum absolute atomic E-state index is 0.00219. The van der Waals surface area contributed by atoms with Crippen LogP contribution in [0.5, 0.6) is 0 Å². The fourth-order valence-corrected chi connectivity index (χ4v) is 2.02. The van der Waals surface area contributed by atoms with E-state index in [0.29, 0.717) is 13.1 Å². The number of nitrogens with one attached hydrogen (secondary N) is 2. The molecule has 1 aliphatic rings. The van der Waals surface area contributed by atoms with Crippen LogP contribution in [0.1, 0.15) is 5.69 Å². The van der Waals surface area contributed by atoms with Gasteiger partial charge >= 0.3 is 0 Å². The molecule has 0 bridgehead atoms. The van der Waals surface area contributed by atoms with Gasteiger partial charge in [0.15, 0.2) is 0 Å². The number of amides is 1. The summed E-state index contributed by atoms with van der Waals surface area (Å²) in [5.41, 5.74) is 0.870. The molecule has 0 spiro atoms. The van der Waals surface area contributed by atoms with Crippen LogP contribution < -0.4 is 10.6 Å². The van der Waals surface area contributed by atoms with Gasteiger partial charge in [-0.15, -0.1) is 0 Å². The van der Waals surface area contributed by atoms with Crippen LogP contribution in [0.2, 0.25) is 0 Å². The molecule has 1 aromatic rings. The lowest BCUT2D eigenvalue weighted by Crippen LogP contribution is -2.42. The lowest BCUT2D eigenvalue weighted by atomic mass is 10.3. The first-order chi connectivity index (χ1) is 9.84. The van der Waals surface area contributed by atoms with Gasteiger partial charge in [-0.25, -0.2) is 0 Å². The molecule has 2 rings (SSSR count). The molecule has 2 heterocycles. The Kier molecular flexibility index (Phi) is 6.43. The molecule has 20 heavy (non-hydrogen) atoms. The summed E-state index contributed by atoms with van der Waals surface area (Å²) >= 11 is 0. The molecule has 0 aliphatic carbocycles. The number of ether oxygens (including phenoxy) is 1. The topological polar surface area (TPSA) is 66.5 Å². The van der Waals surface area contributed by atoms with Crippen LogP contribution in [0.3, 0.4) is 0 Å². The second-order valence-corrected chi connectivity index (χ2v) is 4.73. The number of morpholine rings is 1. The normalized spacial score (nSPS) is 16.0. The smallest absolute Gasteiger partial charge is 0.234 e. The summed E-state index contributed by atoms with van der Waals surface area (Å²) in [5.74, 6) is -0.00219. The molecule has 0 atom stereocenters. The van der Waals surface area contributed by atoms with Gasteiger partial charge in [0.25, 0.3) is 0 Å². The number of nitrogens with zero attached hydrogens (tertiary/aromatic N) is 2. The zero-order chi connectivity index (χ0) is 14.0. The molecule has 1 aliphatic heterocycles. The van der Waals surface area contributed by atoms with Crippen LogP contribution in [-0.2, 0) is 16.1 Å². The minimum Gasteiger partial charge on any atom is -0.379 e. The SMILES string of the molecule is O=C(CNCCN1CCOCC1)NCc1ccccn1. The first-order valence-electron chi connectivity index (χ1n) is 7.02.